The molecule has 1 saturated heterocycles. The third-order valence-electron chi connectivity index (χ3n) is 3.56. The number of sulfone groups is 1. The van der Waals surface area contributed by atoms with Crippen molar-refractivity contribution in [2.75, 3.05) is 28.7 Å². The van der Waals surface area contributed by atoms with Gasteiger partial charge in [0, 0.05) is 19.6 Å². The van der Waals surface area contributed by atoms with Gasteiger partial charge < -0.3 is 10.6 Å². The summed E-state index contributed by atoms with van der Waals surface area (Å²) < 4.78 is 25.0. The molecule has 1 unspecified atom stereocenters. The second-order valence-electron chi connectivity index (χ2n) is 5.21. The Kier molecular flexibility index (Phi) is 3.75. The molecule has 0 aromatic carbocycles. The number of aryl methyl sites for hydroxylation is 2. The fourth-order valence-electron chi connectivity index (χ4n) is 2.66. The Hall–Kier alpha value is -1.24. The second kappa shape index (κ2) is 5.03. The highest BCUT2D eigenvalue weighted by Gasteiger charge is 2.31. The number of hydrogen-bond acceptors (Lipinski definition) is 5. The van der Waals surface area contributed by atoms with Crippen molar-refractivity contribution in [3.8, 4) is 0 Å². The van der Waals surface area contributed by atoms with E-state index in [-0.39, 0.29) is 17.5 Å². The minimum absolute atomic E-state index is 0.0640. The third kappa shape index (κ3) is 2.70. The fraction of sp³-hybridized carbons (Fsp3) is 0.750. The zero-order valence-corrected chi connectivity index (χ0v) is 12.6. The molecule has 1 aromatic heterocycles. The van der Waals surface area contributed by atoms with Crippen molar-refractivity contribution in [2.24, 2.45) is 7.05 Å². The van der Waals surface area contributed by atoms with Gasteiger partial charge in [0.15, 0.2) is 15.7 Å². The summed E-state index contributed by atoms with van der Waals surface area (Å²) in [6.07, 6.45) is 1.84. The molecule has 0 spiro atoms. The van der Waals surface area contributed by atoms with E-state index < -0.39 is 9.84 Å². The van der Waals surface area contributed by atoms with Gasteiger partial charge in [0.1, 0.15) is 0 Å². The summed E-state index contributed by atoms with van der Waals surface area (Å²) in [6.45, 7) is 4.49. The predicted molar refractivity (Wildman–Crippen MR) is 77.1 cm³/mol. The summed E-state index contributed by atoms with van der Waals surface area (Å²) in [4.78, 5) is 2.06. The van der Waals surface area contributed by atoms with E-state index in [2.05, 4.69) is 16.9 Å². The molecule has 2 N–H and O–H groups in total. The van der Waals surface area contributed by atoms with Crippen molar-refractivity contribution in [3.63, 3.8) is 0 Å². The second-order valence-corrected chi connectivity index (χ2v) is 7.44. The normalized spacial score (nSPS) is 22.7. The molecule has 2 rings (SSSR count). The Morgan fingerprint density at radius 3 is 2.74 bits per heavy atom. The summed E-state index contributed by atoms with van der Waals surface area (Å²) in [5.74, 6) is 1.22. The highest BCUT2D eigenvalue weighted by atomic mass is 32.2. The number of nitrogens with two attached hydrogens (primary N) is 1. The Morgan fingerprint density at radius 2 is 2.16 bits per heavy atom. The van der Waals surface area contributed by atoms with Crippen LogP contribution in [0.5, 0.6) is 0 Å². The molecule has 2 heterocycles. The van der Waals surface area contributed by atoms with E-state index in [1.807, 2.05) is 14.0 Å². The minimum Gasteiger partial charge on any atom is -0.394 e. The van der Waals surface area contributed by atoms with Crippen molar-refractivity contribution < 1.29 is 8.42 Å². The van der Waals surface area contributed by atoms with E-state index in [1.54, 1.807) is 4.68 Å². The van der Waals surface area contributed by atoms with E-state index in [4.69, 9.17) is 5.73 Å². The van der Waals surface area contributed by atoms with Crippen molar-refractivity contribution in [1.82, 2.24) is 9.78 Å². The van der Waals surface area contributed by atoms with Crippen LogP contribution in [0, 0.1) is 0 Å². The monoisotopic (exact) mass is 286 g/mol. The van der Waals surface area contributed by atoms with Crippen LogP contribution in [0.3, 0.4) is 0 Å². The van der Waals surface area contributed by atoms with Crippen LogP contribution in [-0.2, 0) is 23.3 Å². The first-order chi connectivity index (χ1) is 8.85. The molecular weight excluding hydrogens is 264 g/mol. The molecule has 0 radical (unpaired) electrons. The molecule has 0 aliphatic carbocycles. The van der Waals surface area contributed by atoms with Crippen LogP contribution in [0.25, 0.3) is 0 Å². The molecule has 6 nitrogen and oxygen atoms in total. The van der Waals surface area contributed by atoms with Gasteiger partial charge in [0.05, 0.1) is 22.9 Å². The van der Waals surface area contributed by atoms with Crippen LogP contribution < -0.4 is 10.6 Å². The number of nitrogen functional groups attached to an aromatic ring is 1. The molecule has 108 valence electrons. The molecule has 7 heteroatoms. The van der Waals surface area contributed by atoms with Gasteiger partial charge in [-0.1, -0.05) is 13.3 Å². The van der Waals surface area contributed by atoms with Crippen LogP contribution in [-0.4, -0.2) is 42.3 Å². The van der Waals surface area contributed by atoms with Gasteiger partial charge in [-0.2, -0.15) is 5.10 Å². The van der Waals surface area contributed by atoms with E-state index in [0.29, 0.717) is 12.2 Å². The summed E-state index contributed by atoms with van der Waals surface area (Å²) >= 11 is 0. The highest BCUT2D eigenvalue weighted by molar-refractivity contribution is 7.91. The van der Waals surface area contributed by atoms with Gasteiger partial charge in [0.2, 0.25) is 0 Å². The van der Waals surface area contributed by atoms with E-state index >= 15 is 0 Å². The molecular formula is C12H22N4O2S. The van der Waals surface area contributed by atoms with Crippen LogP contribution in [0.1, 0.15) is 26.0 Å². The zero-order valence-electron chi connectivity index (χ0n) is 11.8. The largest absolute Gasteiger partial charge is 0.394 e. The number of aromatic nitrogens is 2. The average Bonchev–Trinajstić information content (AvgIpc) is 2.55. The Morgan fingerprint density at radius 1 is 1.47 bits per heavy atom. The SMILES string of the molecule is CCCc1nn(C)c(N2CCS(=O)(=O)CC2C)c1N. The first-order valence-electron chi connectivity index (χ1n) is 6.64. The van der Waals surface area contributed by atoms with Gasteiger partial charge in [-0.25, -0.2) is 8.42 Å². The standard InChI is InChI=1S/C12H22N4O2S/c1-4-5-10-11(13)12(15(3)14-10)16-6-7-19(17,18)8-9(16)2/h9H,4-8,13H2,1-3H3. The van der Waals surface area contributed by atoms with Crippen molar-refractivity contribution >= 4 is 21.3 Å². The zero-order chi connectivity index (χ0) is 14.2. The lowest BCUT2D eigenvalue weighted by molar-refractivity contribution is 0.561. The van der Waals surface area contributed by atoms with E-state index in [9.17, 15) is 8.42 Å². The Bertz CT molecular complexity index is 565. The summed E-state index contributed by atoms with van der Waals surface area (Å²) in [5, 5.41) is 4.45. The van der Waals surface area contributed by atoms with Crippen LogP contribution in [0.15, 0.2) is 0 Å². The highest BCUT2D eigenvalue weighted by Crippen LogP contribution is 2.30. The molecule has 1 fully saturated rings. The van der Waals surface area contributed by atoms with Gasteiger partial charge in [-0.15, -0.1) is 0 Å². The van der Waals surface area contributed by atoms with Crippen LogP contribution >= 0.6 is 0 Å². The van der Waals surface area contributed by atoms with Crippen LogP contribution in [0.4, 0.5) is 11.5 Å². The lowest BCUT2D eigenvalue weighted by Gasteiger charge is -2.35. The summed E-state index contributed by atoms with van der Waals surface area (Å²) in [7, 11) is -1.05. The van der Waals surface area contributed by atoms with Crippen molar-refractivity contribution in [3.05, 3.63) is 5.69 Å². The maximum absolute atomic E-state index is 11.6. The molecule has 1 aliphatic rings. The topological polar surface area (TPSA) is 81.2 Å². The first kappa shape index (κ1) is 14.2. The van der Waals surface area contributed by atoms with Gasteiger partial charge >= 0.3 is 0 Å². The summed E-state index contributed by atoms with van der Waals surface area (Å²) in [5.41, 5.74) is 7.77. The molecule has 1 atom stereocenters. The van der Waals surface area contributed by atoms with E-state index in [1.165, 1.54) is 0 Å². The maximum Gasteiger partial charge on any atom is 0.154 e. The van der Waals surface area contributed by atoms with Gasteiger partial charge in [-0.05, 0) is 13.3 Å². The molecule has 19 heavy (non-hydrogen) atoms. The van der Waals surface area contributed by atoms with E-state index in [0.717, 1.165) is 24.4 Å². The minimum atomic E-state index is -2.91. The van der Waals surface area contributed by atoms with Gasteiger partial charge in [0.25, 0.3) is 0 Å². The fourth-order valence-corrected chi connectivity index (χ4v) is 4.22. The van der Waals surface area contributed by atoms with Gasteiger partial charge in [-0.3, -0.25) is 4.68 Å². The molecule has 0 amide bonds. The molecule has 1 aliphatic heterocycles. The average molecular weight is 286 g/mol. The molecule has 1 aromatic rings. The maximum atomic E-state index is 11.6. The lowest BCUT2D eigenvalue weighted by atomic mass is 10.2. The molecule has 0 bridgehead atoms. The molecule has 0 saturated carbocycles. The summed E-state index contributed by atoms with van der Waals surface area (Å²) in [6, 6.07) is -0.0640. The number of anilines is 2. The Balaban J connectivity index is 2.32. The smallest absolute Gasteiger partial charge is 0.154 e. The van der Waals surface area contributed by atoms with Crippen molar-refractivity contribution in [1.29, 1.82) is 0 Å². The quantitative estimate of drug-likeness (QED) is 0.879. The number of nitrogens with zero attached hydrogens (tertiary/aromatic N) is 3. The number of hydrogen-bond donors (Lipinski definition) is 1. The third-order valence-corrected chi connectivity index (χ3v) is 5.35. The van der Waals surface area contributed by atoms with Crippen LogP contribution in [0.2, 0.25) is 0 Å². The lowest BCUT2D eigenvalue weighted by Crippen LogP contribution is -2.48. The van der Waals surface area contributed by atoms with Crippen molar-refractivity contribution in [2.45, 2.75) is 32.7 Å². The number of rotatable bonds is 3. The Labute approximate surface area is 114 Å². The first-order valence-corrected chi connectivity index (χ1v) is 8.46. The predicted octanol–water partition coefficient (Wildman–Crippen LogP) is 0.578.